The highest BCUT2D eigenvalue weighted by Crippen LogP contribution is 2.43. The molecular formula is C22H14Cl2N2O3S. The molecule has 0 unspecified atom stereocenters. The summed E-state index contributed by atoms with van der Waals surface area (Å²) < 4.78 is 5.92. The minimum absolute atomic E-state index is 0.0188. The first-order valence-corrected chi connectivity index (χ1v) is 10.7. The quantitative estimate of drug-likeness (QED) is 0.375. The van der Waals surface area contributed by atoms with E-state index in [2.05, 4.69) is 4.98 Å². The number of aryl methyl sites for hydroxylation is 2. The third-order valence-electron chi connectivity index (χ3n) is 5.22. The summed E-state index contributed by atoms with van der Waals surface area (Å²) in [5.41, 5.74) is 1.82. The van der Waals surface area contributed by atoms with Gasteiger partial charge in [-0.1, -0.05) is 35.3 Å². The van der Waals surface area contributed by atoms with Crippen molar-refractivity contribution < 1.29 is 9.21 Å². The van der Waals surface area contributed by atoms with Gasteiger partial charge in [-0.3, -0.25) is 14.5 Å². The topological polar surface area (TPSA) is 63.4 Å². The Kier molecular flexibility index (Phi) is 4.47. The number of hydrogen-bond donors (Lipinski definition) is 0. The molecule has 5 rings (SSSR count). The number of hydrogen-bond acceptors (Lipinski definition) is 5. The number of anilines is 1. The normalized spacial score (nSPS) is 15.8. The molecule has 1 atom stereocenters. The molecule has 0 fully saturated rings. The largest absolute Gasteiger partial charge is 0.450 e. The first-order valence-electron chi connectivity index (χ1n) is 9.14. The van der Waals surface area contributed by atoms with Gasteiger partial charge in [-0.25, -0.2) is 4.98 Å². The van der Waals surface area contributed by atoms with E-state index in [1.165, 1.54) is 16.2 Å². The smallest absolute Gasteiger partial charge is 0.297 e. The fraction of sp³-hybridized carbons (Fsp3) is 0.136. The number of carbonyl (C=O) groups excluding carboxylic acids is 1. The number of fused-ring (bicyclic) bond motifs is 2. The number of rotatable bonds is 2. The average molecular weight is 457 g/mol. The highest BCUT2D eigenvalue weighted by molar-refractivity contribution is 7.15. The van der Waals surface area contributed by atoms with Crippen LogP contribution in [-0.2, 0) is 0 Å². The van der Waals surface area contributed by atoms with Crippen LogP contribution in [0, 0.1) is 13.8 Å². The molecule has 2 aromatic heterocycles. The van der Waals surface area contributed by atoms with E-state index in [9.17, 15) is 9.59 Å². The van der Waals surface area contributed by atoms with Gasteiger partial charge in [0.25, 0.3) is 5.91 Å². The molecule has 1 amide bonds. The van der Waals surface area contributed by atoms with Gasteiger partial charge in [-0.15, -0.1) is 11.3 Å². The van der Waals surface area contributed by atoms with Gasteiger partial charge in [0.05, 0.1) is 22.7 Å². The summed E-state index contributed by atoms with van der Waals surface area (Å²) in [5.74, 6) is -0.386. The van der Waals surface area contributed by atoms with E-state index < -0.39 is 11.9 Å². The number of nitrogens with zero attached hydrogens (tertiary/aromatic N) is 2. The van der Waals surface area contributed by atoms with Crippen LogP contribution in [0.3, 0.4) is 0 Å². The Morgan fingerprint density at radius 2 is 1.83 bits per heavy atom. The number of thiazole rings is 1. The Hall–Kier alpha value is -2.67. The zero-order chi connectivity index (χ0) is 21.2. The van der Waals surface area contributed by atoms with Crippen molar-refractivity contribution in [1.29, 1.82) is 0 Å². The molecule has 4 aromatic rings. The van der Waals surface area contributed by atoms with Crippen LogP contribution in [0.5, 0.6) is 0 Å². The minimum atomic E-state index is -0.698. The van der Waals surface area contributed by atoms with E-state index in [1.54, 1.807) is 36.4 Å². The van der Waals surface area contributed by atoms with Gasteiger partial charge < -0.3 is 4.42 Å². The predicted octanol–water partition coefficient (Wildman–Crippen LogP) is 5.92. The van der Waals surface area contributed by atoms with Crippen molar-refractivity contribution in [3.8, 4) is 0 Å². The van der Waals surface area contributed by atoms with Crippen molar-refractivity contribution in [3.05, 3.63) is 90.2 Å². The van der Waals surface area contributed by atoms with Gasteiger partial charge in [0.15, 0.2) is 10.6 Å². The lowest BCUT2D eigenvalue weighted by Crippen LogP contribution is -2.29. The standard InChI is InChI=1S/C22H14Cl2N2O3S/c1-10-11(2)30-22(25-10)26-18(12-4-3-5-13(23)8-12)17-19(27)15-9-14(24)6-7-16(15)29-20(17)21(26)28/h3-9,18H,1-2H3/t18-/m0/s1. The molecule has 8 heteroatoms. The van der Waals surface area contributed by atoms with Crippen LogP contribution >= 0.6 is 34.5 Å². The van der Waals surface area contributed by atoms with Crippen LogP contribution in [0.2, 0.25) is 10.0 Å². The highest BCUT2D eigenvalue weighted by atomic mass is 35.5. The van der Waals surface area contributed by atoms with E-state index in [-0.39, 0.29) is 16.8 Å². The summed E-state index contributed by atoms with van der Waals surface area (Å²) in [7, 11) is 0. The molecule has 5 nitrogen and oxygen atoms in total. The van der Waals surface area contributed by atoms with E-state index in [4.69, 9.17) is 27.6 Å². The van der Waals surface area contributed by atoms with Gasteiger partial charge in [0, 0.05) is 14.9 Å². The predicted molar refractivity (Wildman–Crippen MR) is 119 cm³/mol. The molecule has 30 heavy (non-hydrogen) atoms. The lowest BCUT2D eigenvalue weighted by Gasteiger charge is -2.22. The molecule has 0 N–H and O–H groups in total. The maximum atomic E-state index is 13.5. The first kappa shape index (κ1) is 19.3. The van der Waals surface area contributed by atoms with E-state index >= 15 is 0 Å². The van der Waals surface area contributed by atoms with Gasteiger partial charge >= 0.3 is 0 Å². The van der Waals surface area contributed by atoms with Crippen molar-refractivity contribution in [2.75, 3.05) is 4.90 Å². The monoisotopic (exact) mass is 456 g/mol. The average Bonchev–Trinajstić information content (AvgIpc) is 3.19. The summed E-state index contributed by atoms with van der Waals surface area (Å²) in [4.78, 5) is 34.0. The Morgan fingerprint density at radius 3 is 2.53 bits per heavy atom. The summed E-state index contributed by atoms with van der Waals surface area (Å²) in [6.45, 7) is 3.83. The Labute approximate surface area is 185 Å². The van der Waals surface area contributed by atoms with Crippen LogP contribution in [0.15, 0.2) is 51.7 Å². The van der Waals surface area contributed by atoms with Gasteiger partial charge in [-0.05, 0) is 49.7 Å². The van der Waals surface area contributed by atoms with Crippen LogP contribution in [0.4, 0.5) is 5.13 Å². The lowest BCUT2D eigenvalue weighted by atomic mass is 9.99. The Balaban J connectivity index is 1.84. The number of halogens is 2. The fourth-order valence-electron chi connectivity index (χ4n) is 3.69. The van der Waals surface area contributed by atoms with Crippen LogP contribution in [-0.4, -0.2) is 10.9 Å². The maximum absolute atomic E-state index is 13.5. The van der Waals surface area contributed by atoms with Gasteiger partial charge in [0.2, 0.25) is 5.76 Å². The molecule has 0 saturated heterocycles. The molecule has 2 aromatic carbocycles. The van der Waals surface area contributed by atoms with Crippen molar-refractivity contribution in [2.45, 2.75) is 19.9 Å². The highest BCUT2D eigenvalue weighted by Gasteiger charge is 2.45. The van der Waals surface area contributed by atoms with Crippen LogP contribution < -0.4 is 10.3 Å². The zero-order valence-electron chi connectivity index (χ0n) is 15.9. The zero-order valence-corrected chi connectivity index (χ0v) is 18.2. The molecule has 3 heterocycles. The van der Waals surface area contributed by atoms with E-state index in [0.29, 0.717) is 31.7 Å². The number of benzene rings is 2. The molecule has 0 saturated carbocycles. The summed E-state index contributed by atoms with van der Waals surface area (Å²) in [6.07, 6.45) is 0. The molecule has 0 aliphatic carbocycles. The van der Waals surface area contributed by atoms with Crippen LogP contribution in [0.1, 0.15) is 38.3 Å². The Bertz CT molecular complexity index is 1390. The van der Waals surface area contributed by atoms with Gasteiger partial charge in [-0.2, -0.15) is 0 Å². The van der Waals surface area contributed by atoms with E-state index in [1.807, 2.05) is 19.9 Å². The Morgan fingerprint density at radius 1 is 1.07 bits per heavy atom. The molecule has 1 aliphatic rings. The molecule has 0 radical (unpaired) electrons. The molecule has 1 aliphatic heterocycles. The molecule has 0 spiro atoms. The third-order valence-corrected chi connectivity index (χ3v) is 6.76. The van der Waals surface area contributed by atoms with Crippen LogP contribution in [0.25, 0.3) is 11.0 Å². The second-order valence-corrected chi connectivity index (χ2v) is 9.14. The summed E-state index contributed by atoms with van der Waals surface area (Å²) in [6, 6.07) is 11.2. The second-order valence-electron chi connectivity index (χ2n) is 7.09. The molecule has 150 valence electrons. The molecular weight excluding hydrogens is 443 g/mol. The second kappa shape index (κ2) is 6.94. The van der Waals surface area contributed by atoms with E-state index in [0.717, 1.165) is 10.6 Å². The number of carbonyl (C=O) groups is 1. The number of aromatic nitrogens is 1. The first-order chi connectivity index (χ1) is 14.3. The van der Waals surface area contributed by atoms with Crippen molar-refractivity contribution in [3.63, 3.8) is 0 Å². The summed E-state index contributed by atoms with van der Waals surface area (Å²) in [5, 5.41) is 1.76. The van der Waals surface area contributed by atoms with Crippen molar-refractivity contribution >= 4 is 56.5 Å². The maximum Gasteiger partial charge on any atom is 0.297 e. The molecule has 0 bridgehead atoms. The fourth-order valence-corrected chi connectivity index (χ4v) is 5.00. The SMILES string of the molecule is Cc1nc(N2C(=O)c3oc4ccc(Cl)cc4c(=O)c3[C@@H]2c2cccc(Cl)c2)sc1C. The third kappa shape index (κ3) is 2.87. The van der Waals surface area contributed by atoms with Gasteiger partial charge in [0.1, 0.15) is 5.58 Å². The van der Waals surface area contributed by atoms with Crippen molar-refractivity contribution in [2.24, 2.45) is 0 Å². The number of amides is 1. The lowest BCUT2D eigenvalue weighted by molar-refractivity contribution is 0.0971. The minimum Gasteiger partial charge on any atom is -0.450 e. The summed E-state index contributed by atoms with van der Waals surface area (Å²) >= 11 is 13.7. The van der Waals surface area contributed by atoms with Crippen molar-refractivity contribution in [1.82, 2.24) is 4.98 Å².